The molecule has 0 aliphatic carbocycles. The molecule has 2 fully saturated rings. The number of methoxy groups -OCH3 is 1. The molecule has 4 aromatic rings. The van der Waals surface area contributed by atoms with Crippen molar-refractivity contribution in [3.8, 4) is 17.1 Å². The Kier molecular flexibility index (Phi) is 14.3. The summed E-state index contributed by atoms with van der Waals surface area (Å²) in [5.74, 6) is -0.640. The Bertz CT molecular complexity index is 2480. The van der Waals surface area contributed by atoms with Crippen LogP contribution in [0, 0.1) is 4.78 Å². The Hall–Kier alpha value is -6.47. The van der Waals surface area contributed by atoms with Crippen molar-refractivity contribution >= 4 is 62.3 Å². The quantitative estimate of drug-likeness (QED) is 0.0658. The van der Waals surface area contributed by atoms with Crippen molar-refractivity contribution in [1.82, 2.24) is 35.4 Å². The number of benzene rings is 3. The van der Waals surface area contributed by atoms with Crippen molar-refractivity contribution < 1.29 is 32.9 Å². The normalized spacial score (nSPS) is 17.5. The number of carbonyl (C=O) groups is 5. The molecule has 63 heavy (non-hydrogen) atoms. The van der Waals surface area contributed by atoms with E-state index in [1.165, 1.54) is 12.6 Å². The van der Waals surface area contributed by atoms with E-state index in [-0.39, 0.29) is 35.6 Å². The lowest BCUT2D eigenvalue weighted by Crippen LogP contribution is -2.54. The molecule has 0 spiro atoms. The summed E-state index contributed by atoms with van der Waals surface area (Å²) >= 11 is 0. The van der Waals surface area contributed by atoms with Gasteiger partial charge < -0.3 is 25.6 Å². The molecule has 2 unspecified atom stereocenters. The molecule has 2 saturated heterocycles. The van der Waals surface area contributed by atoms with E-state index < -0.39 is 39.4 Å². The van der Waals surface area contributed by atoms with Gasteiger partial charge in [-0.3, -0.25) is 43.9 Å². The second-order valence-electron chi connectivity index (χ2n) is 15.9. The zero-order valence-electron chi connectivity index (χ0n) is 35.5. The van der Waals surface area contributed by atoms with Crippen molar-refractivity contribution in [3.05, 3.63) is 83.7 Å². The second-order valence-corrected chi connectivity index (χ2v) is 18.2. The molecule has 4 heterocycles. The number of carbonyl (C=O) groups excluding carboxylic acids is 5. The molecule has 5 N–H and O–H groups in total. The number of unbranched alkanes of at least 4 members (excludes halogenated alkanes) is 3. The van der Waals surface area contributed by atoms with Crippen LogP contribution >= 0.6 is 0 Å². The predicted octanol–water partition coefficient (Wildman–Crippen LogP) is 4.17. The van der Waals surface area contributed by atoms with E-state index in [9.17, 15) is 28.2 Å². The van der Waals surface area contributed by atoms with Crippen molar-refractivity contribution in [3.63, 3.8) is 0 Å². The van der Waals surface area contributed by atoms with Crippen LogP contribution in [0.2, 0.25) is 0 Å². The number of rotatable bonds is 19. The first-order chi connectivity index (χ1) is 30.4. The summed E-state index contributed by atoms with van der Waals surface area (Å²) in [5, 5.41) is 11.5. The van der Waals surface area contributed by atoms with E-state index in [0.717, 1.165) is 85.8 Å². The highest BCUT2D eigenvalue weighted by atomic mass is 32.2. The monoisotopic (exact) mass is 879 g/mol. The largest absolute Gasteiger partial charge is 0.496 e. The maximum absolute atomic E-state index is 13.3. The molecule has 7 rings (SSSR count). The lowest BCUT2D eigenvalue weighted by Gasteiger charge is -2.36. The van der Waals surface area contributed by atoms with E-state index in [1.54, 1.807) is 25.3 Å². The fourth-order valence-corrected chi connectivity index (χ4v) is 8.90. The van der Waals surface area contributed by atoms with Gasteiger partial charge in [-0.1, -0.05) is 31.0 Å². The van der Waals surface area contributed by atoms with Gasteiger partial charge in [-0.2, -0.15) is 4.98 Å². The van der Waals surface area contributed by atoms with Gasteiger partial charge >= 0.3 is 0 Å². The lowest BCUT2D eigenvalue weighted by molar-refractivity contribution is -0.136. The van der Waals surface area contributed by atoms with E-state index >= 15 is 0 Å². The molecule has 2 atom stereocenters. The minimum Gasteiger partial charge on any atom is -0.496 e. The SMILES string of the molecule is COc1cc(N2CCN(CCCCCCC(=O)NCCNc3cccc4c3C(=O)N(C3CCC(=O)NC3=O)C4=O)CC2)ccc1-c1ncnc(Nc2cccc(CS(C)(=N)=O)c2)n1. The number of fused-ring (bicyclic) bond motifs is 1. The van der Waals surface area contributed by atoms with Crippen LogP contribution in [0.5, 0.6) is 5.75 Å². The minimum absolute atomic E-state index is 0.0452. The minimum atomic E-state index is -2.68. The van der Waals surface area contributed by atoms with E-state index in [2.05, 4.69) is 52.1 Å². The Balaban J connectivity index is 0.783. The summed E-state index contributed by atoms with van der Waals surface area (Å²) in [5.41, 5.74) is 4.14. The number of nitrogens with zero attached hydrogens (tertiary/aromatic N) is 6. The molecule has 3 aliphatic heterocycles. The number of piperazine rings is 1. The molecule has 19 heteroatoms. The molecule has 18 nitrogen and oxygen atoms in total. The topological polar surface area (TPSA) is 232 Å². The number of piperidine rings is 1. The summed E-state index contributed by atoms with van der Waals surface area (Å²) < 4.78 is 25.5. The van der Waals surface area contributed by atoms with Crippen molar-refractivity contribution in [2.45, 2.75) is 56.7 Å². The molecule has 0 saturated carbocycles. The molecular formula is C44H53N11O7S. The highest BCUT2D eigenvalue weighted by molar-refractivity contribution is 7.90. The number of hydrogen-bond acceptors (Lipinski definition) is 15. The first kappa shape index (κ1) is 44.6. The Labute approximate surface area is 366 Å². The maximum Gasteiger partial charge on any atom is 0.264 e. The molecule has 3 aromatic carbocycles. The molecule has 0 radical (unpaired) electrons. The first-order valence-corrected chi connectivity index (χ1v) is 23.3. The van der Waals surface area contributed by atoms with Gasteiger partial charge in [-0.15, -0.1) is 0 Å². The number of anilines is 4. The Morgan fingerprint density at radius 1 is 0.921 bits per heavy atom. The number of ether oxygens (including phenoxy) is 1. The average molecular weight is 880 g/mol. The zero-order valence-corrected chi connectivity index (χ0v) is 36.3. The highest BCUT2D eigenvalue weighted by Crippen LogP contribution is 2.34. The van der Waals surface area contributed by atoms with Crippen molar-refractivity contribution in [2.75, 3.05) is 74.7 Å². The van der Waals surface area contributed by atoms with Crippen LogP contribution in [0.15, 0.2) is 67.0 Å². The van der Waals surface area contributed by atoms with Gasteiger partial charge in [0, 0.05) is 91.2 Å². The van der Waals surface area contributed by atoms with E-state index in [1.807, 2.05) is 36.4 Å². The maximum atomic E-state index is 13.3. The fraction of sp³-hybridized carbons (Fsp3) is 0.409. The standard InChI is InChI=1S/C44H53N11O7S/c1-62-36-26-31(14-15-32(36)40-48-28-49-44(52-40)50-30-10-7-9-29(25-30)27-63(2,45)61)54-23-21-53(22-24-54)20-6-4-3-5-13-37(56)47-19-18-46-34-12-8-11-33-39(34)43(60)55(42(33)59)35-16-17-38(57)51-41(35)58/h7-12,14-15,25-26,28,35,45-46H,3-6,13,16-24,27H2,1-2H3,(H,47,56)(H,51,57,58)(H,48,49,50,52). The van der Waals surface area contributed by atoms with Crippen molar-refractivity contribution in [2.24, 2.45) is 0 Å². The Morgan fingerprint density at radius 3 is 2.49 bits per heavy atom. The number of aromatic nitrogens is 3. The van der Waals surface area contributed by atoms with Gasteiger partial charge in [0.05, 0.1) is 29.6 Å². The first-order valence-electron chi connectivity index (χ1n) is 21.1. The number of imide groups is 2. The van der Waals surface area contributed by atoms with Gasteiger partial charge in [0.15, 0.2) is 5.82 Å². The molecule has 0 bridgehead atoms. The van der Waals surface area contributed by atoms with E-state index in [4.69, 9.17) is 9.52 Å². The summed E-state index contributed by atoms with van der Waals surface area (Å²) in [6, 6.07) is 17.3. The Morgan fingerprint density at radius 2 is 1.71 bits per heavy atom. The summed E-state index contributed by atoms with van der Waals surface area (Å²) in [7, 11) is -1.05. The highest BCUT2D eigenvalue weighted by Gasteiger charge is 2.45. The third-order valence-electron chi connectivity index (χ3n) is 11.2. The summed E-state index contributed by atoms with van der Waals surface area (Å²) in [6.45, 7) is 5.31. The molecule has 332 valence electrons. The molecule has 3 aliphatic rings. The van der Waals surface area contributed by atoms with Crippen molar-refractivity contribution in [1.29, 1.82) is 4.78 Å². The van der Waals surface area contributed by atoms with Gasteiger partial charge in [-0.05, 0) is 67.8 Å². The second kappa shape index (κ2) is 20.1. The molecular weight excluding hydrogens is 827 g/mol. The third-order valence-corrected chi connectivity index (χ3v) is 12.1. The van der Waals surface area contributed by atoms with Gasteiger partial charge in [-0.25, -0.2) is 14.2 Å². The van der Waals surface area contributed by atoms with Crippen LogP contribution in [0.25, 0.3) is 11.4 Å². The third kappa shape index (κ3) is 11.3. The smallest absolute Gasteiger partial charge is 0.264 e. The van der Waals surface area contributed by atoms with Crippen LogP contribution in [0.4, 0.5) is 23.0 Å². The van der Waals surface area contributed by atoms with Crippen LogP contribution < -0.4 is 30.9 Å². The zero-order chi connectivity index (χ0) is 44.5. The predicted molar refractivity (Wildman–Crippen MR) is 238 cm³/mol. The van der Waals surface area contributed by atoms with Crippen LogP contribution in [-0.2, 0) is 29.9 Å². The summed E-state index contributed by atoms with van der Waals surface area (Å²) in [4.78, 5) is 82.0. The average Bonchev–Trinajstić information content (AvgIpc) is 3.52. The van der Waals surface area contributed by atoms with Gasteiger partial charge in [0.25, 0.3) is 11.8 Å². The lowest BCUT2D eigenvalue weighted by atomic mass is 10.0. The number of hydrogen-bond donors (Lipinski definition) is 5. The van der Waals surface area contributed by atoms with Crippen LogP contribution in [0.3, 0.4) is 0 Å². The van der Waals surface area contributed by atoms with E-state index in [0.29, 0.717) is 42.7 Å². The molecule has 5 amide bonds. The van der Waals surface area contributed by atoms with Crippen LogP contribution in [0.1, 0.15) is 71.2 Å². The van der Waals surface area contributed by atoms with Gasteiger partial charge in [0.2, 0.25) is 23.7 Å². The van der Waals surface area contributed by atoms with Gasteiger partial charge in [0.1, 0.15) is 18.1 Å². The summed E-state index contributed by atoms with van der Waals surface area (Å²) in [6.07, 6.45) is 7.26. The van der Waals surface area contributed by atoms with Crippen LogP contribution in [-0.4, -0.2) is 124 Å². The fourth-order valence-electron chi connectivity index (χ4n) is 8.09. The number of nitrogens with one attached hydrogen (secondary N) is 5. The number of amides is 5. The molecule has 1 aromatic heterocycles.